The van der Waals surface area contributed by atoms with Crippen LogP contribution < -0.4 is 0 Å². The highest BCUT2D eigenvalue weighted by Gasteiger charge is 2.18. The molecule has 1 amide bonds. The van der Waals surface area contributed by atoms with E-state index >= 15 is 0 Å². The van der Waals surface area contributed by atoms with Crippen molar-refractivity contribution in [3.63, 3.8) is 0 Å². The lowest BCUT2D eigenvalue weighted by Gasteiger charge is -2.27. The summed E-state index contributed by atoms with van der Waals surface area (Å²) >= 11 is 0. The fourth-order valence-corrected chi connectivity index (χ4v) is 3.61. The number of aromatic nitrogens is 1. The van der Waals surface area contributed by atoms with E-state index in [1.807, 2.05) is 39.9 Å². The van der Waals surface area contributed by atoms with Gasteiger partial charge in [0.2, 0.25) is 5.91 Å². The number of hydrogen-bond acceptors (Lipinski definition) is 5. The predicted molar refractivity (Wildman–Crippen MR) is 119 cm³/mol. The van der Waals surface area contributed by atoms with E-state index < -0.39 is 0 Å². The molecular formula is C24H25N3O4. The van der Waals surface area contributed by atoms with Crippen molar-refractivity contribution < 1.29 is 19.1 Å². The number of rotatable bonds is 6. The summed E-state index contributed by atoms with van der Waals surface area (Å²) in [6.07, 6.45) is 3.75. The fourth-order valence-electron chi connectivity index (χ4n) is 3.61. The number of ether oxygens (including phenoxy) is 2. The summed E-state index contributed by atoms with van der Waals surface area (Å²) in [6, 6.07) is 14.9. The number of amides is 1. The van der Waals surface area contributed by atoms with Crippen molar-refractivity contribution in [3.8, 4) is 0 Å². The van der Waals surface area contributed by atoms with Crippen LogP contribution in [-0.4, -0.2) is 60.5 Å². The molecule has 3 aromatic rings. The third-order valence-electron chi connectivity index (χ3n) is 5.22. The Morgan fingerprint density at radius 2 is 1.84 bits per heavy atom. The van der Waals surface area contributed by atoms with Gasteiger partial charge in [-0.05, 0) is 37.3 Å². The zero-order chi connectivity index (χ0) is 21.6. The van der Waals surface area contributed by atoms with Crippen molar-refractivity contribution in [2.45, 2.75) is 13.5 Å². The van der Waals surface area contributed by atoms with Crippen LogP contribution in [0.5, 0.6) is 0 Å². The number of carbonyl (C=O) groups excluding carboxylic acids is 2. The molecule has 0 spiro atoms. The van der Waals surface area contributed by atoms with Gasteiger partial charge >= 0.3 is 5.97 Å². The van der Waals surface area contributed by atoms with Crippen LogP contribution in [0.2, 0.25) is 0 Å². The number of aliphatic imine (C=N–C) groups is 1. The highest BCUT2D eigenvalue weighted by Crippen LogP contribution is 2.22. The predicted octanol–water partition coefficient (Wildman–Crippen LogP) is 3.43. The molecule has 0 N–H and O–H groups in total. The molecule has 0 bridgehead atoms. The topological polar surface area (TPSA) is 73.1 Å². The quantitative estimate of drug-likeness (QED) is 0.453. The normalized spacial score (nSPS) is 14.3. The zero-order valence-electron chi connectivity index (χ0n) is 17.5. The van der Waals surface area contributed by atoms with Gasteiger partial charge in [-0.1, -0.05) is 18.2 Å². The third-order valence-corrected chi connectivity index (χ3v) is 5.22. The molecule has 0 saturated carbocycles. The molecule has 0 atom stereocenters. The molecule has 7 heteroatoms. The molecule has 31 heavy (non-hydrogen) atoms. The molecule has 1 aliphatic rings. The van der Waals surface area contributed by atoms with Crippen LogP contribution in [-0.2, 0) is 20.8 Å². The largest absolute Gasteiger partial charge is 0.462 e. The first-order valence-electron chi connectivity index (χ1n) is 10.4. The van der Waals surface area contributed by atoms with E-state index in [0.29, 0.717) is 38.5 Å². The van der Waals surface area contributed by atoms with Crippen LogP contribution >= 0.6 is 0 Å². The molecule has 2 aromatic carbocycles. The molecular weight excluding hydrogens is 394 g/mol. The smallest absolute Gasteiger partial charge is 0.338 e. The third kappa shape index (κ3) is 4.83. The number of hydrogen-bond donors (Lipinski definition) is 0. The average Bonchev–Trinajstić information content (AvgIpc) is 3.16. The zero-order valence-corrected chi connectivity index (χ0v) is 17.5. The molecule has 7 nitrogen and oxygen atoms in total. The SMILES string of the molecule is CCOC(=O)c1ccc(N=Cc2cn(CC(=O)N3CCOCC3)c3ccccc23)cc1. The number of carbonyl (C=O) groups is 2. The van der Waals surface area contributed by atoms with E-state index in [1.165, 1.54) is 0 Å². The summed E-state index contributed by atoms with van der Waals surface area (Å²) in [5.41, 5.74) is 3.15. The lowest BCUT2D eigenvalue weighted by Crippen LogP contribution is -2.42. The first kappa shape index (κ1) is 20.8. The second kappa shape index (κ2) is 9.57. The Morgan fingerprint density at radius 1 is 1.10 bits per heavy atom. The van der Waals surface area contributed by atoms with Crippen LogP contribution in [0.1, 0.15) is 22.8 Å². The standard InChI is InChI=1S/C24H25N3O4/c1-2-31-24(29)18-7-9-20(10-8-18)25-15-19-16-27(22-6-4-3-5-21(19)22)17-23(28)26-11-13-30-14-12-26/h3-10,15-16H,2,11-14,17H2,1H3. The Hall–Kier alpha value is -3.45. The summed E-state index contributed by atoms with van der Waals surface area (Å²) in [7, 11) is 0. The maximum absolute atomic E-state index is 12.7. The highest BCUT2D eigenvalue weighted by molar-refractivity contribution is 6.00. The molecule has 160 valence electrons. The highest BCUT2D eigenvalue weighted by atomic mass is 16.5. The number of benzene rings is 2. The van der Waals surface area contributed by atoms with Crippen molar-refractivity contribution >= 4 is 34.7 Å². The van der Waals surface area contributed by atoms with Gasteiger partial charge in [-0.15, -0.1) is 0 Å². The summed E-state index contributed by atoms with van der Waals surface area (Å²) in [5, 5.41) is 1.03. The van der Waals surface area contributed by atoms with E-state index in [-0.39, 0.29) is 18.4 Å². The number of fused-ring (bicyclic) bond motifs is 1. The minimum Gasteiger partial charge on any atom is -0.462 e. The van der Waals surface area contributed by atoms with E-state index in [1.54, 1.807) is 37.4 Å². The Labute approximate surface area is 180 Å². The molecule has 1 saturated heterocycles. The summed E-state index contributed by atoms with van der Waals surface area (Å²) in [6.45, 7) is 4.85. The van der Waals surface area contributed by atoms with Crippen LogP contribution in [0.4, 0.5) is 5.69 Å². The van der Waals surface area contributed by atoms with Gasteiger partial charge in [0.15, 0.2) is 0 Å². The first-order chi connectivity index (χ1) is 15.2. The van der Waals surface area contributed by atoms with Gasteiger partial charge in [-0.3, -0.25) is 9.79 Å². The van der Waals surface area contributed by atoms with Crippen molar-refractivity contribution in [2.24, 2.45) is 4.99 Å². The Kier molecular flexibility index (Phi) is 6.43. The Balaban J connectivity index is 1.54. The maximum atomic E-state index is 12.7. The molecule has 0 unspecified atom stereocenters. The van der Waals surface area contributed by atoms with E-state index in [0.717, 1.165) is 22.2 Å². The summed E-state index contributed by atoms with van der Waals surface area (Å²) in [4.78, 5) is 30.9. The summed E-state index contributed by atoms with van der Waals surface area (Å²) < 4.78 is 12.3. The molecule has 2 heterocycles. The second-order valence-electron chi connectivity index (χ2n) is 7.25. The monoisotopic (exact) mass is 419 g/mol. The lowest BCUT2D eigenvalue weighted by atomic mass is 10.2. The molecule has 1 aromatic heterocycles. The van der Waals surface area contributed by atoms with Crippen LogP contribution in [0.25, 0.3) is 10.9 Å². The number of para-hydroxylation sites is 1. The fraction of sp³-hybridized carbons (Fsp3) is 0.292. The summed E-state index contributed by atoms with van der Waals surface area (Å²) in [5.74, 6) is -0.256. The first-order valence-corrected chi connectivity index (χ1v) is 10.4. The van der Waals surface area contributed by atoms with Gasteiger partial charge in [-0.25, -0.2) is 4.79 Å². The van der Waals surface area contributed by atoms with Gasteiger partial charge in [0, 0.05) is 42.0 Å². The Morgan fingerprint density at radius 3 is 2.58 bits per heavy atom. The van der Waals surface area contributed by atoms with Crippen LogP contribution in [0, 0.1) is 0 Å². The van der Waals surface area contributed by atoms with Crippen molar-refractivity contribution in [2.75, 3.05) is 32.9 Å². The van der Waals surface area contributed by atoms with Gasteiger partial charge < -0.3 is 18.9 Å². The minimum absolute atomic E-state index is 0.0853. The lowest BCUT2D eigenvalue weighted by molar-refractivity contribution is -0.135. The molecule has 1 fully saturated rings. The second-order valence-corrected chi connectivity index (χ2v) is 7.25. The molecule has 1 aliphatic heterocycles. The van der Waals surface area contributed by atoms with Crippen molar-refractivity contribution in [1.82, 2.24) is 9.47 Å². The van der Waals surface area contributed by atoms with E-state index in [2.05, 4.69) is 4.99 Å². The minimum atomic E-state index is -0.342. The van der Waals surface area contributed by atoms with E-state index in [4.69, 9.17) is 9.47 Å². The number of nitrogens with zero attached hydrogens (tertiary/aromatic N) is 3. The molecule has 0 radical (unpaired) electrons. The van der Waals surface area contributed by atoms with Gasteiger partial charge in [0.1, 0.15) is 6.54 Å². The van der Waals surface area contributed by atoms with Crippen LogP contribution in [0.15, 0.2) is 59.7 Å². The maximum Gasteiger partial charge on any atom is 0.338 e. The van der Waals surface area contributed by atoms with Crippen LogP contribution in [0.3, 0.4) is 0 Å². The number of morpholine rings is 1. The Bertz CT molecular complexity index is 1100. The van der Waals surface area contributed by atoms with Gasteiger partial charge in [0.25, 0.3) is 0 Å². The molecule has 4 rings (SSSR count). The van der Waals surface area contributed by atoms with Crippen molar-refractivity contribution in [3.05, 3.63) is 65.9 Å². The average molecular weight is 419 g/mol. The van der Waals surface area contributed by atoms with Gasteiger partial charge in [-0.2, -0.15) is 0 Å². The number of esters is 1. The van der Waals surface area contributed by atoms with Crippen molar-refractivity contribution in [1.29, 1.82) is 0 Å². The van der Waals surface area contributed by atoms with E-state index in [9.17, 15) is 9.59 Å². The van der Waals surface area contributed by atoms with Gasteiger partial charge in [0.05, 0.1) is 31.1 Å². The molecule has 0 aliphatic carbocycles.